The first-order valence-electron chi connectivity index (χ1n) is 5.27. The standard InChI is InChI=1S/C12H15BrFN3/c1-17(2)6-5-16-12(8-15)10-4-3-9(13)7-11(10)14/h3-4,7,12,16H,5-6H2,1-2H3. The molecule has 1 aromatic carbocycles. The van der Waals surface area contributed by atoms with Crippen molar-refractivity contribution in [2.24, 2.45) is 0 Å². The maximum Gasteiger partial charge on any atom is 0.130 e. The number of likely N-dealkylation sites (N-methyl/N-ethyl adjacent to an activating group) is 1. The molecule has 0 saturated heterocycles. The summed E-state index contributed by atoms with van der Waals surface area (Å²) in [5, 5.41) is 12.1. The summed E-state index contributed by atoms with van der Waals surface area (Å²) in [5.74, 6) is -0.372. The highest BCUT2D eigenvalue weighted by atomic mass is 79.9. The van der Waals surface area contributed by atoms with Crippen molar-refractivity contribution in [3.8, 4) is 6.07 Å². The van der Waals surface area contributed by atoms with Gasteiger partial charge in [-0.2, -0.15) is 5.26 Å². The van der Waals surface area contributed by atoms with Crippen LogP contribution in [0.2, 0.25) is 0 Å². The minimum atomic E-state index is -0.608. The smallest absolute Gasteiger partial charge is 0.130 e. The van der Waals surface area contributed by atoms with E-state index < -0.39 is 6.04 Å². The fourth-order valence-electron chi connectivity index (χ4n) is 1.39. The van der Waals surface area contributed by atoms with Crippen molar-refractivity contribution in [2.45, 2.75) is 6.04 Å². The lowest BCUT2D eigenvalue weighted by Crippen LogP contribution is -2.29. The van der Waals surface area contributed by atoms with E-state index in [4.69, 9.17) is 5.26 Å². The molecule has 1 atom stereocenters. The second kappa shape index (κ2) is 6.70. The Morgan fingerprint density at radius 1 is 1.53 bits per heavy atom. The Balaban J connectivity index is 2.70. The summed E-state index contributed by atoms with van der Waals surface area (Å²) in [7, 11) is 3.90. The third-order valence-corrected chi connectivity index (χ3v) is 2.80. The van der Waals surface area contributed by atoms with E-state index in [-0.39, 0.29) is 5.82 Å². The van der Waals surface area contributed by atoms with Crippen LogP contribution in [0.1, 0.15) is 11.6 Å². The average molecular weight is 300 g/mol. The second-order valence-corrected chi connectivity index (χ2v) is 4.90. The number of hydrogen-bond donors (Lipinski definition) is 1. The Labute approximate surface area is 109 Å². The molecule has 1 unspecified atom stereocenters. The van der Waals surface area contributed by atoms with E-state index in [1.165, 1.54) is 6.07 Å². The first-order chi connectivity index (χ1) is 8.04. The Hall–Kier alpha value is -0.960. The quantitative estimate of drug-likeness (QED) is 0.907. The van der Waals surface area contributed by atoms with Crippen molar-refractivity contribution < 1.29 is 4.39 Å². The molecule has 0 bridgehead atoms. The summed E-state index contributed by atoms with van der Waals surface area (Å²) >= 11 is 3.19. The van der Waals surface area contributed by atoms with Crippen LogP contribution in [-0.4, -0.2) is 32.1 Å². The molecule has 1 N–H and O–H groups in total. The Bertz CT molecular complexity index is 415. The van der Waals surface area contributed by atoms with E-state index in [9.17, 15) is 4.39 Å². The van der Waals surface area contributed by atoms with Gasteiger partial charge in [0.1, 0.15) is 11.9 Å². The average Bonchev–Trinajstić information content (AvgIpc) is 2.25. The summed E-state index contributed by atoms with van der Waals surface area (Å²) in [6.07, 6.45) is 0. The van der Waals surface area contributed by atoms with E-state index in [2.05, 4.69) is 27.3 Å². The highest BCUT2D eigenvalue weighted by Crippen LogP contribution is 2.20. The molecule has 92 valence electrons. The molecule has 1 aromatic rings. The molecule has 3 nitrogen and oxygen atoms in total. The van der Waals surface area contributed by atoms with Gasteiger partial charge in [-0.3, -0.25) is 5.32 Å². The predicted molar refractivity (Wildman–Crippen MR) is 69.0 cm³/mol. The molecule has 0 aliphatic rings. The van der Waals surface area contributed by atoms with Gasteiger partial charge in [-0.15, -0.1) is 0 Å². The molecule has 0 heterocycles. The molecule has 0 fully saturated rings. The molecule has 0 aliphatic heterocycles. The Morgan fingerprint density at radius 2 is 2.24 bits per heavy atom. The van der Waals surface area contributed by atoms with Crippen LogP contribution >= 0.6 is 15.9 Å². The van der Waals surface area contributed by atoms with Crippen LogP contribution in [0.15, 0.2) is 22.7 Å². The molecule has 1 rings (SSSR count). The first-order valence-corrected chi connectivity index (χ1v) is 6.06. The van der Waals surface area contributed by atoms with E-state index in [0.717, 1.165) is 6.54 Å². The number of nitriles is 1. The van der Waals surface area contributed by atoms with E-state index in [1.807, 2.05) is 19.0 Å². The molecule has 0 spiro atoms. The van der Waals surface area contributed by atoms with Gasteiger partial charge in [0.15, 0.2) is 0 Å². The van der Waals surface area contributed by atoms with Gasteiger partial charge in [0, 0.05) is 23.1 Å². The van der Waals surface area contributed by atoms with Gasteiger partial charge >= 0.3 is 0 Å². The van der Waals surface area contributed by atoms with Gasteiger partial charge in [0.2, 0.25) is 0 Å². The van der Waals surface area contributed by atoms with Crippen molar-refractivity contribution in [3.63, 3.8) is 0 Å². The maximum absolute atomic E-state index is 13.6. The molecular weight excluding hydrogens is 285 g/mol. The third kappa shape index (κ3) is 4.43. The molecule has 0 aliphatic carbocycles. The zero-order valence-electron chi connectivity index (χ0n) is 9.87. The van der Waals surface area contributed by atoms with E-state index in [0.29, 0.717) is 16.6 Å². The minimum absolute atomic E-state index is 0.372. The highest BCUT2D eigenvalue weighted by molar-refractivity contribution is 9.10. The third-order valence-electron chi connectivity index (χ3n) is 2.31. The lowest BCUT2D eigenvalue weighted by atomic mass is 10.1. The van der Waals surface area contributed by atoms with Crippen LogP contribution in [0.5, 0.6) is 0 Å². The van der Waals surface area contributed by atoms with Crippen LogP contribution in [0.4, 0.5) is 4.39 Å². The van der Waals surface area contributed by atoms with Crippen LogP contribution < -0.4 is 5.32 Å². The summed E-state index contributed by atoms with van der Waals surface area (Å²) in [4.78, 5) is 2.00. The zero-order valence-corrected chi connectivity index (χ0v) is 11.5. The first kappa shape index (κ1) is 14.1. The number of benzene rings is 1. The topological polar surface area (TPSA) is 39.1 Å². The fraction of sp³-hybridized carbons (Fsp3) is 0.417. The lowest BCUT2D eigenvalue weighted by Gasteiger charge is -2.15. The maximum atomic E-state index is 13.6. The summed E-state index contributed by atoms with van der Waals surface area (Å²) < 4.78 is 14.3. The minimum Gasteiger partial charge on any atom is -0.308 e. The molecule has 0 radical (unpaired) electrons. The number of rotatable bonds is 5. The lowest BCUT2D eigenvalue weighted by molar-refractivity contribution is 0.393. The molecule has 0 saturated carbocycles. The largest absolute Gasteiger partial charge is 0.308 e. The number of nitrogens with one attached hydrogen (secondary N) is 1. The Morgan fingerprint density at radius 3 is 2.76 bits per heavy atom. The number of halogens is 2. The van der Waals surface area contributed by atoms with Gasteiger partial charge in [-0.25, -0.2) is 4.39 Å². The van der Waals surface area contributed by atoms with Gasteiger partial charge in [-0.05, 0) is 26.2 Å². The van der Waals surface area contributed by atoms with Crippen molar-refractivity contribution in [3.05, 3.63) is 34.1 Å². The fourth-order valence-corrected chi connectivity index (χ4v) is 1.73. The molecule has 0 aromatic heterocycles. The van der Waals surface area contributed by atoms with Gasteiger partial charge < -0.3 is 4.90 Å². The van der Waals surface area contributed by atoms with Crippen LogP contribution in [-0.2, 0) is 0 Å². The second-order valence-electron chi connectivity index (χ2n) is 3.99. The summed E-state index contributed by atoms with van der Waals surface area (Å²) in [6.45, 7) is 1.44. The van der Waals surface area contributed by atoms with Crippen LogP contribution in [0.25, 0.3) is 0 Å². The Kier molecular flexibility index (Phi) is 5.56. The summed E-state index contributed by atoms with van der Waals surface area (Å²) in [5.41, 5.74) is 0.384. The van der Waals surface area contributed by atoms with Crippen molar-refractivity contribution in [1.82, 2.24) is 10.2 Å². The van der Waals surface area contributed by atoms with Crippen LogP contribution in [0.3, 0.4) is 0 Å². The van der Waals surface area contributed by atoms with Crippen LogP contribution in [0, 0.1) is 17.1 Å². The zero-order chi connectivity index (χ0) is 12.8. The number of nitrogens with zero attached hydrogens (tertiary/aromatic N) is 2. The summed E-state index contributed by atoms with van der Waals surface area (Å²) in [6, 6.07) is 6.18. The molecule has 5 heteroatoms. The SMILES string of the molecule is CN(C)CCNC(C#N)c1ccc(Br)cc1F. The normalized spacial score (nSPS) is 12.5. The highest BCUT2D eigenvalue weighted by Gasteiger charge is 2.14. The number of hydrogen-bond acceptors (Lipinski definition) is 3. The van der Waals surface area contributed by atoms with Crippen molar-refractivity contribution in [1.29, 1.82) is 5.26 Å². The van der Waals surface area contributed by atoms with E-state index >= 15 is 0 Å². The van der Waals surface area contributed by atoms with Gasteiger partial charge in [0.05, 0.1) is 6.07 Å². The van der Waals surface area contributed by atoms with Crippen molar-refractivity contribution in [2.75, 3.05) is 27.2 Å². The molecular formula is C12H15BrFN3. The predicted octanol–water partition coefficient (Wildman–Crippen LogP) is 2.30. The van der Waals surface area contributed by atoms with Gasteiger partial charge in [0.25, 0.3) is 0 Å². The van der Waals surface area contributed by atoms with Gasteiger partial charge in [-0.1, -0.05) is 22.0 Å². The van der Waals surface area contributed by atoms with E-state index in [1.54, 1.807) is 12.1 Å². The monoisotopic (exact) mass is 299 g/mol. The molecule has 17 heavy (non-hydrogen) atoms. The molecule has 0 amide bonds. The van der Waals surface area contributed by atoms with Crippen molar-refractivity contribution >= 4 is 15.9 Å².